The minimum Gasteiger partial charge on any atom is -0.494 e. The normalized spacial score (nSPS) is 14.9. The number of nitrogens with one attached hydrogen (secondary N) is 1. The van der Waals surface area contributed by atoms with E-state index in [4.69, 9.17) is 0 Å². The fourth-order valence-electron chi connectivity index (χ4n) is 4.08. The summed E-state index contributed by atoms with van der Waals surface area (Å²) >= 11 is 2.18. The number of carbonyl (C=O) groups is 1. The summed E-state index contributed by atoms with van der Waals surface area (Å²) in [4.78, 5) is 35.3. The van der Waals surface area contributed by atoms with E-state index in [-0.39, 0.29) is 23.3 Å². The average Bonchev–Trinajstić information content (AvgIpc) is 2.78. The molecule has 0 atom stereocenters. The summed E-state index contributed by atoms with van der Waals surface area (Å²) in [7, 11) is 3.62. The molecule has 3 aromatic rings. The predicted octanol–water partition coefficient (Wildman–Crippen LogP) is 3.89. The van der Waals surface area contributed by atoms with Gasteiger partial charge in [-0.3, -0.25) is 19.6 Å². The number of aromatic nitrogens is 1. The number of benzene rings is 2. The first-order valence-corrected chi connectivity index (χ1v) is 11.6. The minimum atomic E-state index is -0.327. The number of hydrogen-bond donors (Lipinski definition) is 2. The number of aromatic amines is 1. The van der Waals surface area contributed by atoms with Crippen molar-refractivity contribution in [3.05, 3.63) is 62.0 Å². The smallest absolute Gasteiger partial charge is 0.258 e. The van der Waals surface area contributed by atoms with Crippen LogP contribution in [0.3, 0.4) is 0 Å². The van der Waals surface area contributed by atoms with E-state index in [1.54, 1.807) is 17.2 Å². The van der Waals surface area contributed by atoms with Crippen LogP contribution in [0.25, 0.3) is 10.8 Å². The Labute approximate surface area is 199 Å². The first kappa shape index (κ1) is 22.3. The van der Waals surface area contributed by atoms with Gasteiger partial charge in [0.1, 0.15) is 0 Å². The molecular weight excluding hydrogens is 519 g/mol. The highest BCUT2D eigenvalue weighted by Gasteiger charge is 2.26. The molecule has 1 aliphatic heterocycles. The molecule has 0 spiro atoms. The van der Waals surface area contributed by atoms with Gasteiger partial charge < -0.3 is 14.9 Å². The van der Waals surface area contributed by atoms with Gasteiger partial charge in [-0.15, -0.1) is 0 Å². The van der Waals surface area contributed by atoms with Gasteiger partial charge in [-0.2, -0.15) is 0 Å². The Kier molecular flexibility index (Phi) is 6.50. The van der Waals surface area contributed by atoms with Gasteiger partial charge in [-0.25, -0.2) is 0 Å². The molecular formula is C24H25IN4O3. The molecule has 0 unspecified atom stereocenters. The number of anilines is 1. The van der Waals surface area contributed by atoms with E-state index in [0.29, 0.717) is 16.3 Å². The predicted molar refractivity (Wildman–Crippen MR) is 136 cm³/mol. The number of aliphatic imine (C=N–C) groups is 1. The molecule has 4 rings (SSSR count). The molecule has 2 N–H and O–H groups in total. The molecule has 166 valence electrons. The minimum absolute atomic E-state index is 0.105. The second-order valence-corrected chi connectivity index (χ2v) is 9.42. The monoisotopic (exact) mass is 544 g/mol. The molecule has 2 heterocycles. The van der Waals surface area contributed by atoms with E-state index >= 15 is 0 Å². The molecule has 1 amide bonds. The lowest BCUT2D eigenvalue weighted by Gasteiger charge is -2.34. The van der Waals surface area contributed by atoms with Crippen molar-refractivity contribution >= 4 is 56.9 Å². The standard InChI is InChI=1S/C24H25IN4O3/c1-28(2)24(32)15-9-11-29(12-10-15)18-6-4-17(5-7-18)26-14-21-20-13-16(25)3-8-19(20)22(30)27-23(21)31/h3-8,13-15H,9-12H2,1-2H3,(H2,27,30,31). The van der Waals surface area contributed by atoms with Crippen LogP contribution in [-0.4, -0.2) is 54.3 Å². The average molecular weight is 544 g/mol. The molecule has 32 heavy (non-hydrogen) atoms. The van der Waals surface area contributed by atoms with Crippen LogP contribution in [0.15, 0.2) is 52.3 Å². The molecule has 7 nitrogen and oxygen atoms in total. The second kappa shape index (κ2) is 9.32. The lowest BCUT2D eigenvalue weighted by Crippen LogP contribution is -2.40. The van der Waals surface area contributed by atoms with Gasteiger partial charge in [-0.1, -0.05) is 0 Å². The number of piperidine rings is 1. The number of pyridine rings is 1. The number of H-pyrrole nitrogens is 1. The first-order chi connectivity index (χ1) is 15.3. The maximum Gasteiger partial charge on any atom is 0.258 e. The fourth-order valence-corrected chi connectivity index (χ4v) is 4.57. The van der Waals surface area contributed by atoms with Gasteiger partial charge in [0.2, 0.25) is 11.8 Å². The summed E-state index contributed by atoms with van der Waals surface area (Å²) in [6.07, 6.45) is 3.29. The van der Waals surface area contributed by atoms with Crippen LogP contribution in [0.2, 0.25) is 0 Å². The topological polar surface area (TPSA) is 89.0 Å². The first-order valence-electron chi connectivity index (χ1n) is 10.5. The number of nitrogens with zero attached hydrogens (tertiary/aromatic N) is 3. The largest absolute Gasteiger partial charge is 0.494 e. The molecule has 1 saturated heterocycles. The summed E-state index contributed by atoms with van der Waals surface area (Å²) in [6, 6.07) is 13.4. The summed E-state index contributed by atoms with van der Waals surface area (Å²) in [5.41, 5.74) is 2.00. The highest BCUT2D eigenvalue weighted by Crippen LogP contribution is 2.27. The third-order valence-corrected chi connectivity index (χ3v) is 6.52. The summed E-state index contributed by atoms with van der Waals surface area (Å²) in [6.45, 7) is 1.70. The van der Waals surface area contributed by atoms with Crippen LogP contribution >= 0.6 is 22.6 Å². The number of carbonyl (C=O) groups excluding carboxylic acids is 1. The fraction of sp³-hybridized carbons (Fsp3) is 0.292. The molecule has 0 saturated carbocycles. The number of rotatable bonds is 4. The van der Waals surface area contributed by atoms with Crippen LogP contribution in [-0.2, 0) is 4.79 Å². The van der Waals surface area contributed by atoms with Gasteiger partial charge >= 0.3 is 0 Å². The van der Waals surface area contributed by atoms with Crippen molar-refractivity contribution in [2.45, 2.75) is 12.8 Å². The molecule has 8 heteroatoms. The van der Waals surface area contributed by atoms with Gasteiger partial charge in [-0.05, 0) is 77.9 Å². The van der Waals surface area contributed by atoms with Crippen molar-refractivity contribution in [1.29, 1.82) is 0 Å². The Balaban J connectivity index is 1.50. The third-order valence-electron chi connectivity index (χ3n) is 5.85. The molecule has 1 aliphatic rings. The van der Waals surface area contributed by atoms with Crippen molar-refractivity contribution in [2.24, 2.45) is 10.9 Å². The van der Waals surface area contributed by atoms with E-state index in [1.165, 1.54) is 0 Å². The zero-order valence-corrected chi connectivity index (χ0v) is 20.2. The number of amides is 1. The maximum atomic E-state index is 12.2. The van der Waals surface area contributed by atoms with Crippen LogP contribution < -0.4 is 10.5 Å². The Morgan fingerprint density at radius 3 is 2.50 bits per heavy atom. The van der Waals surface area contributed by atoms with E-state index in [9.17, 15) is 14.7 Å². The van der Waals surface area contributed by atoms with Crippen molar-refractivity contribution in [2.75, 3.05) is 32.1 Å². The van der Waals surface area contributed by atoms with E-state index in [1.807, 2.05) is 50.5 Å². The Bertz CT molecular complexity index is 1230. The van der Waals surface area contributed by atoms with Gasteiger partial charge in [0.15, 0.2) is 0 Å². The lowest BCUT2D eigenvalue weighted by atomic mass is 9.95. The Morgan fingerprint density at radius 2 is 1.84 bits per heavy atom. The van der Waals surface area contributed by atoms with Gasteiger partial charge in [0, 0.05) is 59.3 Å². The van der Waals surface area contributed by atoms with E-state index in [0.717, 1.165) is 40.9 Å². The molecule has 0 radical (unpaired) electrons. The van der Waals surface area contributed by atoms with E-state index < -0.39 is 0 Å². The second-order valence-electron chi connectivity index (χ2n) is 8.17. The maximum absolute atomic E-state index is 12.2. The number of halogens is 1. The van der Waals surface area contributed by atoms with Crippen molar-refractivity contribution < 1.29 is 9.90 Å². The SMILES string of the molecule is CN(C)C(=O)C1CCN(c2ccc(N=Cc3c(O)[nH]c(=O)c4ccc(I)cc34)cc2)CC1. The zero-order chi connectivity index (χ0) is 22.8. The number of fused-ring (bicyclic) bond motifs is 1. The molecule has 1 aromatic heterocycles. The van der Waals surface area contributed by atoms with Crippen molar-refractivity contribution in [1.82, 2.24) is 9.88 Å². The third kappa shape index (κ3) is 4.64. The van der Waals surface area contributed by atoms with Crippen LogP contribution in [0.1, 0.15) is 18.4 Å². The quantitative estimate of drug-likeness (QED) is 0.386. The summed E-state index contributed by atoms with van der Waals surface area (Å²) in [5, 5.41) is 11.5. The number of aromatic hydroxyl groups is 1. The number of hydrogen-bond acceptors (Lipinski definition) is 5. The molecule has 0 bridgehead atoms. The van der Waals surface area contributed by atoms with E-state index in [2.05, 4.69) is 37.5 Å². The van der Waals surface area contributed by atoms with Crippen LogP contribution in [0.5, 0.6) is 5.88 Å². The van der Waals surface area contributed by atoms with Crippen molar-refractivity contribution in [3.8, 4) is 5.88 Å². The summed E-state index contributed by atoms with van der Waals surface area (Å²) < 4.78 is 0.968. The molecule has 2 aromatic carbocycles. The van der Waals surface area contributed by atoms with Crippen LogP contribution in [0, 0.1) is 9.49 Å². The Hall–Kier alpha value is -2.88. The van der Waals surface area contributed by atoms with Crippen LogP contribution in [0.4, 0.5) is 11.4 Å². The van der Waals surface area contributed by atoms with Gasteiger partial charge in [0.25, 0.3) is 5.56 Å². The zero-order valence-electron chi connectivity index (χ0n) is 18.0. The molecule has 0 aliphatic carbocycles. The van der Waals surface area contributed by atoms with Crippen molar-refractivity contribution in [3.63, 3.8) is 0 Å². The highest BCUT2D eigenvalue weighted by molar-refractivity contribution is 14.1. The molecule has 1 fully saturated rings. The lowest BCUT2D eigenvalue weighted by molar-refractivity contribution is -0.133. The van der Waals surface area contributed by atoms with Gasteiger partial charge in [0.05, 0.1) is 11.3 Å². The Morgan fingerprint density at radius 1 is 1.16 bits per heavy atom. The highest BCUT2D eigenvalue weighted by atomic mass is 127. The summed E-state index contributed by atoms with van der Waals surface area (Å²) in [5.74, 6) is 0.120.